The number of likely N-dealkylation sites (tertiary alicyclic amines) is 1. The second kappa shape index (κ2) is 7.64. The summed E-state index contributed by atoms with van der Waals surface area (Å²) < 4.78 is 11.6. The standard InChI is InChI=1S/C15H20BrNO3/c1-19-15(18)12-3-2-8-17(11-12)9-10-20-14-6-4-13(16)5-7-14/h4-7,12H,2-3,8-11H2,1H3/t12-/m0/s1. The van der Waals surface area contributed by atoms with Crippen LogP contribution in [-0.2, 0) is 9.53 Å². The van der Waals surface area contributed by atoms with Crippen LogP contribution in [-0.4, -0.2) is 44.2 Å². The number of benzene rings is 1. The van der Waals surface area contributed by atoms with E-state index < -0.39 is 0 Å². The molecule has 0 aliphatic carbocycles. The molecule has 1 aliphatic rings. The van der Waals surface area contributed by atoms with E-state index in [0.717, 1.165) is 42.7 Å². The van der Waals surface area contributed by atoms with Crippen molar-refractivity contribution in [1.29, 1.82) is 0 Å². The van der Waals surface area contributed by atoms with Crippen LogP contribution in [0.1, 0.15) is 12.8 Å². The van der Waals surface area contributed by atoms with Crippen molar-refractivity contribution < 1.29 is 14.3 Å². The van der Waals surface area contributed by atoms with E-state index in [-0.39, 0.29) is 11.9 Å². The van der Waals surface area contributed by atoms with E-state index in [1.165, 1.54) is 7.11 Å². The van der Waals surface area contributed by atoms with E-state index in [1.54, 1.807) is 0 Å². The Hall–Kier alpha value is -1.07. The summed E-state index contributed by atoms with van der Waals surface area (Å²) in [6.45, 7) is 3.27. The van der Waals surface area contributed by atoms with Gasteiger partial charge in [-0.25, -0.2) is 0 Å². The van der Waals surface area contributed by atoms with E-state index in [4.69, 9.17) is 9.47 Å². The molecule has 0 N–H and O–H groups in total. The minimum Gasteiger partial charge on any atom is -0.492 e. The van der Waals surface area contributed by atoms with Crippen molar-refractivity contribution in [2.24, 2.45) is 5.92 Å². The highest BCUT2D eigenvalue weighted by Gasteiger charge is 2.26. The Morgan fingerprint density at radius 2 is 2.15 bits per heavy atom. The first kappa shape index (κ1) is 15.3. The molecule has 2 rings (SSSR count). The highest BCUT2D eigenvalue weighted by molar-refractivity contribution is 9.10. The Balaban J connectivity index is 1.73. The van der Waals surface area contributed by atoms with Gasteiger partial charge >= 0.3 is 5.97 Å². The minimum absolute atomic E-state index is 0.0152. The van der Waals surface area contributed by atoms with Gasteiger partial charge in [-0.15, -0.1) is 0 Å². The molecule has 0 aromatic heterocycles. The molecule has 5 heteroatoms. The lowest BCUT2D eigenvalue weighted by molar-refractivity contribution is -0.147. The van der Waals surface area contributed by atoms with Crippen molar-refractivity contribution in [3.05, 3.63) is 28.7 Å². The highest BCUT2D eigenvalue weighted by Crippen LogP contribution is 2.18. The molecule has 20 heavy (non-hydrogen) atoms. The average molecular weight is 342 g/mol. The fourth-order valence-electron chi connectivity index (χ4n) is 2.44. The lowest BCUT2D eigenvalue weighted by Crippen LogP contribution is -2.41. The van der Waals surface area contributed by atoms with Crippen LogP contribution in [0.3, 0.4) is 0 Å². The number of methoxy groups -OCH3 is 1. The monoisotopic (exact) mass is 341 g/mol. The van der Waals surface area contributed by atoms with E-state index >= 15 is 0 Å². The topological polar surface area (TPSA) is 38.8 Å². The maximum absolute atomic E-state index is 11.6. The van der Waals surface area contributed by atoms with Crippen LogP contribution < -0.4 is 4.74 Å². The number of hydrogen-bond donors (Lipinski definition) is 0. The molecule has 1 heterocycles. The first-order valence-corrected chi connectivity index (χ1v) is 7.67. The van der Waals surface area contributed by atoms with Gasteiger partial charge in [0, 0.05) is 17.6 Å². The summed E-state index contributed by atoms with van der Waals surface area (Å²) in [6.07, 6.45) is 1.97. The van der Waals surface area contributed by atoms with Crippen molar-refractivity contribution in [3.63, 3.8) is 0 Å². The largest absolute Gasteiger partial charge is 0.492 e. The summed E-state index contributed by atoms with van der Waals surface area (Å²) in [4.78, 5) is 13.8. The predicted octanol–water partition coefficient (Wildman–Crippen LogP) is 2.71. The van der Waals surface area contributed by atoms with Crippen LogP contribution in [0.4, 0.5) is 0 Å². The van der Waals surface area contributed by atoms with Crippen LogP contribution in [0.15, 0.2) is 28.7 Å². The minimum atomic E-state index is -0.0940. The molecule has 110 valence electrons. The Bertz CT molecular complexity index is 435. The van der Waals surface area contributed by atoms with Crippen LogP contribution in [0, 0.1) is 5.92 Å². The summed E-state index contributed by atoms with van der Waals surface area (Å²) in [7, 11) is 1.46. The van der Waals surface area contributed by atoms with Crippen LogP contribution in [0.25, 0.3) is 0 Å². The van der Waals surface area contributed by atoms with Crippen molar-refractivity contribution in [2.45, 2.75) is 12.8 Å². The third kappa shape index (κ3) is 4.49. The number of hydrogen-bond acceptors (Lipinski definition) is 4. The number of nitrogens with zero attached hydrogens (tertiary/aromatic N) is 1. The van der Waals surface area contributed by atoms with Gasteiger partial charge in [-0.1, -0.05) is 15.9 Å². The molecule has 4 nitrogen and oxygen atoms in total. The second-order valence-electron chi connectivity index (χ2n) is 4.97. The van der Waals surface area contributed by atoms with E-state index in [1.807, 2.05) is 24.3 Å². The molecule has 0 unspecified atom stereocenters. The lowest BCUT2D eigenvalue weighted by atomic mass is 9.98. The van der Waals surface area contributed by atoms with E-state index in [9.17, 15) is 4.79 Å². The van der Waals surface area contributed by atoms with Gasteiger partial charge in [-0.3, -0.25) is 9.69 Å². The Morgan fingerprint density at radius 1 is 1.40 bits per heavy atom. The van der Waals surface area contributed by atoms with Gasteiger partial charge in [0.25, 0.3) is 0 Å². The number of esters is 1. The molecule has 1 atom stereocenters. The molecule has 1 aromatic carbocycles. The normalized spacial score (nSPS) is 19.6. The highest BCUT2D eigenvalue weighted by atomic mass is 79.9. The Morgan fingerprint density at radius 3 is 2.85 bits per heavy atom. The number of halogens is 1. The van der Waals surface area contributed by atoms with Crippen molar-refractivity contribution in [1.82, 2.24) is 4.90 Å². The summed E-state index contributed by atoms with van der Waals surface area (Å²) in [5.74, 6) is 0.791. The number of carbonyl (C=O) groups excluding carboxylic acids is 1. The molecule has 0 radical (unpaired) electrons. The zero-order valence-electron chi connectivity index (χ0n) is 11.7. The first-order chi connectivity index (χ1) is 9.69. The molecule has 1 aromatic rings. The fraction of sp³-hybridized carbons (Fsp3) is 0.533. The van der Waals surface area contributed by atoms with Gasteiger partial charge in [0.2, 0.25) is 0 Å². The maximum atomic E-state index is 11.6. The molecule has 1 fully saturated rings. The molecule has 0 bridgehead atoms. The van der Waals surface area contributed by atoms with Gasteiger partial charge in [0.05, 0.1) is 13.0 Å². The summed E-state index contributed by atoms with van der Waals surface area (Å²) in [5, 5.41) is 0. The third-order valence-corrected chi connectivity index (χ3v) is 4.06. The lowest BCUT2D eigenvalue weighted by Gasteiger charge is -2.31. The molecule has 1 saturated heterocycles. The molecular weight excluding hydrogens is 322 g/mol. The molecule has 1 aliphatic heterocycles. The first-order valence-electron chi connectivity index (χ1n) is 6.87. The van der Waals surface area contributed by atoms with Gasteiger partial charge in [-0.05, 0) is 43.7 Å². The van der Waals surface area contributed by atoms with Crippen LogP contribution in [0.2, 0.25) is 0 Å². The summed E-state index contributed by atoms with van der Waals surface area (Å²) >= 11 is 3.40. The number of piperidine rings is 1. The SMILES string of the molecule is COC(=O)[C@H]1CCCN(CCOc2ccc(Br)cc2)C1. The number of rotatable bonds is 5. The van der Waals surface area contributed by atoms with Gasteiger partial charge < -0.3 is 9.47 Å². The van der Waals surface area contributed by atoms with Gasteiger partial charge in [0.1, 0.15) is 12.4 Å². The number of ether oxygens (including phenoxy) is 2. The molecule has 0 amide bonds. The van der Waals surface area contributed by atoms with Crippen molar-refractivity contribution in [3.8, 4) is 5.75 Å². The smallest absolute Gasteiger partial charge is 0.309 e. The Labute approximate surface area is 128 Å². The van der Waals surface area contributed by atoms with Crippen molar-refractivity contribution >= 4 is 21.9 Å². The van der Waals surface area contributed by atoms with Crippen LogP contribution in [0.5, 0.6) is 5.75 Å². The summed E-state index contributed by atoms with van der Waals surface area (Å²) in [6, 6.07) is 7.81. The Kier molecular flexibility index (Phi) is 5.86. The third-order valence-electron chi connectivity index (χ3n) is 3.53. The predicted molar refractivity (Wildman–Crippen MR) is 80.8 cm³/mol. The van der Waals surface area contributed by atoms with Crippen molar-refractivity contribution in [2.75, 3.05) is 33.4 Å². The van der Waals surface area contributed by atoms with Gasteiger partial charge in [0.15, 0.2) is 0 Å². The molecular formula is C15H20BrNO3. The van der Waals surface area contributed by atoms with E-state index in [0.29, 0.717) is 6.61 Å². The van der Waals surface area contributed by atoms with Crippen LogP contribution >= 0.6 is 15.9 Å². The molecule has 0 spiro atoms. The molecule has 0 saturated carbocycles. The van der Waals surface area contributed by atoms with E-state index in [2.05, 4.69) is 20.8 Å². The second-order valence-corrected chi connectivity index (χ2v) is 5.88. The summed E-state index contributed by atoms with van der Waals surface area (Å²) in [5.41, 5.74) is 0. The quantitative estimate of drug-likeness (QED) is 0.772. The fourth-order valence-corrected chi connectivity index (χ4v) is 2.71. The maximum Gasteiger partial charge on any atom is 0.309 e. The average Bonchev–Trinajstić information content (AvgIpc) is 2.49. The zero-order chi connectivity index (χ0) is 14.4. The van der Waals surface area contributed by atoms with Gasteiger partial charge in [-0.2, -0.15) is 0 Å². The zero-order valence-corrected chi connectivity index (χ0v) is 13.3. The number of carbonyl (C=O) groups is 1.